The van der Waals surface area contributed by atoms with E-state index in [1.54, 1.807) is 6.07 Å². The second-order valence-electron chi connectivity index (χ2n) is 3.41. The molecule has 0 unspecified atom stereocenters. The van der Waals surface area contributed by atoms with Crippen LogP contribution in [0.3, 0.4) is 0 Å². The van der Waals surface area contributed by atoms with Crippen LogP contribution in [0.5, 0.6) is 0 Å². The molecule has 0 bridgehead atoms. The minimum Gasteiger partial charge on any atom is -0.477 e. The van der Waals surface area contributed by atoms with E-state index < -0.39 is 5.97 Å². The van der Waals surface area contributed by atoms with Crippen molar-refractivity contribution in [3.8, 4) is 0 Å². The number of carboxylic acids is 1. The molecule has 0 amide bonds. The highest BCUT2D eigenvalue weighted by molar-refractivity contribution is 9.10. The molecule has 1 aromatic heterocycles. The van der Waals surface area contributed by atoms with Gasteiger partial charge in [-0.15, -0.1) is 0 Å². The third kappa shape index (κ3) is 2.68. The van der Waals surface area contributed by atoms with Gasteiger partial charge in [0.2, 0.25) is 0 Å². The Bertz CT molecular complexity index is 568. The van der Waals surface area contributed by atoms with Gasteiger partial charge in [-0.25, -0.2) is 4.79 Å². The molecule has 4 nitrogen and oxygen atoms in total. The van der Waals surface area contributed by atoms with Crippen molar-refractivity contribution in [1.82, 2.24) is 9.78 Å². The zero-order valence-corrected chi connectivity index (χ0v) is 10.9. The van der Waals surface area contributed by atoms with Crippen LogP contribution in [0.15, 0.2) is 34.9 Å². The van der Waals surface area contributed by atoms with Gasteiger partial charge in [0.1, 0.15) is 5.69 Å². The molecule has 2 aromatic rings. The van der Waals surface area contributed by atoms with E-state index in [0.29, 0.717) is 11.6 Å². The molecule has 0 aliphatic heterocycles. The minimum atomic E-state index is -1.00. The third-order valence-electron chi connectivity index (χ3n) is 2.27. The van der Waals surface area contributed by atoms with E-state index in [9.17, 15) is 4.79 Å². The van der Waals surface area contributed by atoms with Crippen molar-refractivity contribution in [1.29, 1.82) is 0 Å². The number of aromatic nitrogens is 2. The van der Waals surface area contributed by atoms with Crippen molar-refractivity contribution in [3.63, 3.8) is 0 Å². The first-order valence-corrected chi connectivity index (χ1v) is 5.94. The highest BCUT2D eigenvalue weighted by Crippen LogP contribution is 2.22. The Labute approximate surface area is 111 Å². The fourth-order valence-electron chi connectivity index (χ4n) is 1.45. The standard InChI is InChI=1S/C11H8BrClN2O2/c12-8-2-1-7(9(13)5-8)6-15-10(11(16)17)3-4-14-15/h1-5H,6H2,(H,16,17). The first-order chi connectivity index (χ1) is 8.08. The number of carbonyl (C=O) groups is 1. The molecule has 0 aliphatic carbocycles. The van der Waals surface area contributed by atoms with Crippen LogP contribution in [0.2, 0.25) is 5.02 Å². The molecule has 0 saturated carbocycles. The number of hydrogen-bond donors (Lipinski definition) is 1. The van der Waals surface area contributed by atoms with Gasteiger partial charge in [0.05, 0.1) is 6.54 Å². The van der Waals surface area contributed by atoms with Crippen molar-refractivity contribution >= 4 is 33.5 Å². The summed E-state index contributed by atoms with van der Waals surface area (Å²) in [7, 11) is 0. The van der Waals surface area contributed by atoms with Crippen molar-refractivity contribution in [2.45, 2.75) is 6.54 Å². The summed E-state index contributed by atoms with van der Waals surface area (Å²) < 4.78 is 2.28. The maximum absolute atomic E-state index is 10.9. The molecular weight excluding hydrogens is 307 g/mol. The Balaban J connectivity index is 2.31. The molecule has 6 heteroatoms. The fourth-order valence-corrected chi connectivity index (χ4v) is 2.18. The summed E-state index contributed by atoms with van der Waals surface area (Å²) in [6.07, 6.45) is 1.45. The quantitative estimate of drug-likeness (QED) is 0.947. The van der Waals surface area contributed by atoms with E-state index in [4.69, 9.17) is 16.7 Å². The van der Waals surface area contributed by atoms with E-state index in [1.807, 2.05) is 12.1 Å². The summed E-state index contributed by atoms with van der Waals surface area (Å²) >= 11 is 9.37. The number of benzene rings is 1. The molecule has 1 heterocycles. The molecule has 0 aliphatic rings. The van der Waals surface area contributed by atoms with Gasteiger partial charge in [-0.3, -0.25) is 4.68 Å². The van der Waals surface area contributed by atoms with Gasteiger partial charge < -0.3 is 5.11 Å². The van der Waals surface area contributed by atoms with Crippen molar-refractivity contribution in [2.75, 3.05) is 0 Å². The Kier molecular flexibility index (Phi) is 3.49. The molecule has 88 valence electrons. The summed E-state index contributed by atoms with van der Waals surface area (Å²) in [6.45, 7) is 0.334. The van der Waals surface area contributed by atoms with Crippen molar-refractivity contribution in [2.24, 2.45) is 0 Å². The molecule has 0 atom stereocenters. The monoisotopic (exact) mass is 314 g/mol. The fraction of sp³-hybridized carbons (Fsp3) is 0.0909. The normalized spacial score (nSPS) is 10.5. The van der Waals surface area contributed by atoms with Gasteiger partial charge in [-0.2, -0.15) is 5.10 Å². The van der Waals surface area contributed by atoms with Gasteiger partial charge in [0.25, 0.3) is 0 Å². The molecule has 1 N–H and O–H groups in total. The summed E-state index contributed by atoms with van der Waals surface area (Å²) in [5, 5.41) is 13.5. The predicted molar refractivity (Wildman–Crippen MR) is 67.4 cm³/mol. The topological polar surface area (TPSA) is 55.1 Å². The van der Waals surface area contributed by atoms with Crippen LogP contribution in [-0.4, -0.2) is 20.9 Å². The SMILES string of the molecule is O=C(O)c1ccnn1Cc1ccc(Br)cc1Cl. The van der Waals surface area contributed by atoms with E-state index in [1.165, 1.54) is 16.9 Å². The van der Waals surface area contributed by atoms with Gasteiger partial charge in [0, 0.05) is 15.7 Å². The van der Waals surface area contributed by atoms with E-state index in [2.05, 4.69) is 21.0 Å². The Morgan fingerprint density at radius 2 is 2.24 bits per heavy atom. The van der Waals surface area contributed by atoms with Crippen LogP contribution in [0.25, 0.3) is 0 Å². The number of nitrogens with zero attached hydrogens (tertiary/aromatic N) is 2. The summed E-state index contributed by atoms with van der Waals surface area (Å²) in [4.78, 5) is 10.9. The molecule has 0 spiro atoms. The van der Waals surface area contributed by atoms with Gasteiger partial charge in [-0.1, -0.05) is 33.6 Å². The Morgan fingerprint density at radius 1 is 1.47 bits per heavy atom. The number of aromatic carboxylic acids is 1. The smallest absolute Gasteiger partial charge is 0.354 e. The number of hydrogen-bond acceptors (Lipinski definition) is 2. The largest absolute Gasteiger partial charge is 0.477 e. The number of carboxylic acid groups (broad SMARTS) is 1. The van der Waals surface area contributed by atoms with Crippen LogP contribution >= 0.6 is 27.5 Å². The van der Waals surface area contributed by atoms with Gasteiger partial charge >= 0.3 is 5.97 Å². The summed E-state index contributed by atoms with van der Waals surface area (Å²) in [6, 6.07) is 6.90. The number of halogens is 2. The molecule has 17 heavy (non-hydrogen) atoms. The second kappa shape index (κ2) is 4.89. The average Bonchev–Trinajstić information content (AvgIpc) is 2.70. The van der Waals surface area contributed by atoms with Crippen LogP contribution in [0.1, 0.15) is 16.1 Å². The molecule has 0 radical (unpaired) electrons. The Morgan fingerprint density at radius 3 is 2.88 bits per heavy atom. The van der Waals surface area contributed by atoms with E-state index in [-0.39, 0.29) is 5.69 Å². The molecule has 0 fully saturated rings. The third-order valence-corrected chi connectivity index (χ3v) is 3.12. The van der Waals surface area contributed by atoms with Crippen LogP contribution in [0.4, 0.5) is 0 Å². The van der Waals surface area contributed by atoms with Crippen LogP contribution in [0, 0.1) is 0 Å². The highest BCUT2D eigenvalue weighted by atomic mass is 79.9. The predicted octanol–water partition coefficient (Wildman–Crippen LogP) is 3.05. The van der Waals surface area contributed by atoms with Crippen molar-refractivity contribution < 1.29 is 9.90 Å². The first-order valence-electron chi connectivity index (χ1n) is 4.77. The molecule has 2 rings (SSSR count). The maximum Gasteiger partial charge on any atom is 0.354 e. The summed E-state index contributed by atoms with van der Waals surface area (Å²) in [5.74, 6) is -1.00. The highest BCUT2D eigenvalue weighted by Gasteiger charge is 2.11. The van der Waals surface area contributed by atoms with Gasteiger partial charge in [0.15, 0.2) is 0 Å². The first kappa shape index (κ1) is 12.1. The lowest BCUT2D eigenvalue weighted by molar-refractivity contribution is 0.0684. The zero-order valence-electron chi connectivity index (χ0n) is 8.60. The zero-order chi connectivity index (χ0) is 12.4. The number of rotatable bonds is 3. The lowest BCUT2D eigenvalue weighted by Gasteiger charge is -2.07. The molecule has 0 saturated heterocycles. The van der Waals surface area contributed by atoms with Crippen molar-refractivity contribution in [3.05, 3.63) is 51.2 Å². The lowest BCUT2D eigenvalue weighted by Crippen LogP contribution is -2.11. The van der Waals surface area contributed by atoms with Crippen LogP contribution in [-0.2, 0) is 6.54 Å². The molecular formula is C11H8BrClN2O2. The second-order valence-corrected chi connectivity index (χ2v) is 4.74. The Hall–Kier alpha value is -1.33. The van der Waals surface area contributed by atoms with E-state index >= 15 is 0 Å². The van der Waals surface area contributed by atoms with E-state index in [0.717, 1.165) is 10.0 Å². The average molecular weight is 316 g/mol. The molecule has 1 aromatic carbocycles. The minimum absolute atomic E-state index is 0.143. The summed E-state index contributed by atoms with van der Waals surface area (Å²) in [5.41, 5.74) is 0.963. The lowest BCUT2D eigenvalue weighted by atomic mass is 10.2. The maximum atomic E-state index is 10.9. The van der Waals surface area contributed by atoms with Crippen LogP contribution < -0.4 is 0 Å². The van der Waals surface area contributed by atoms with Gasteiger partial charge in [-0.05, 0) is 23.8 Å².